The minimum Gasteiger partial charge on any atom is -0.366 e. The van der Waals surface area contributed by atoms with Gasteiger partial charge in [-0.2, -0.15) is 0 Å². The monoisotopic (exact) mass is 224 g/mol. The fourth-order valence-electron chi connectivity index (χ4n) is 0.985. The van der Waals surface area contributed by atoms with Crippen molar-refractivity contribution < 1.29 is 9.59 Å². The van der Waals surface area contributed by atoms with Crippen molar-refractivity contribution in [1.82, 2.24) is 0 Å². The Kier molecular flexibility index (Phi) is 3.46. The average Bonchev–Trinajstić information content (AvgIpc) is 2.20. The van der Waals surface area contributed by atoms with Gasteiger partial charge in [-0.15, -0.1) is 0 Å². The Balaban J connectivity index is 3.02. The number of nitrogens with two attached hydrogens (primary N) is 1. The van der Waals surface area contributed by atoms with Crippen molar-refractivity contribution in [2.24, 2.45) is 5.73 Å². The molecule has 0 aliphatic heterocycles. The predicted octanol–water partition coefficient (Wildman–Crippen LogP) is 1.56. The number of anilines is 1. The lowest BCUT2D eigenvalue weighted by Crippen LogP contribution is -2.13. The molecule has 5 heteroatoms. The van der Waals surface area contributed by atoms with Crippen LogP contribution in [-0.2, 0) is 4.79 Å². The van der Waals surface area contributed by atoms with Crippen LogP contribution in [0.4, 0.5) is 5.69 Å². The molecule has 78 valence electrons. The van der Waals surface area contributed by atoms with Crippen molar-refractivity contribution in [2.45, 2.75) is 0 Å². The summed E-state index contributed by atoms with van der Waals surface area (Å²) in [6, 6.07) is 4.46. The molecule has 0 aromatic heterocycles. The van der Waals surface area contributed by atoms with Crippen molar-refractivity contribution in [3.63, 3.8) is 0 Å². The van der Waals surface area contributed by atoms with E-state index in [4.69, 9.17) is 17.3 Å². The Bertz CT molecular complexity index is 429. The minimum atomic E-state index is -0.644. The summed E-state index contributed by atoms with van der Waals surface area (Å²) in [5, 5.41) is 2.74. The lowest BCUT2D eigenvalue weighted by molar-refractivity contribution is -0.111. The van der Waals surface area contributed by atoms with Gasteiger partial charge in [-0.25, -0.2) is 0 Å². The molecule has 0 radical (unpaired) electrons. The van der Waals surface area contributed by atoms with Gasteiger partial charge in [0.15, 0.2) is 0 Å². The molecule has 0 bridgehead atoms. The van der Waals surface area contributed by atoms with E-state index >= 15 is 0 Å². The molecule has 1 rings (SSSR count). The Morgan fingerprint density at radius 3 is 2.67 bits per heavy atom. The van der Waals surface area contributed by atoms with E-state index in [9.17, 15) is 9.59 Å². The van der Waals surface area contributed by atoms with E-state index in [1.165, 1.54) is 12.1 Å². The molecule has 3 N–H and O–H groups in total. The van der Waals surface area contributed by atoms with Gasteiger partial charge in [0, 0.05) is 5.69 Å². The first-order valence-electron chi connectivity index (χ1n) is 4.07. The Labute approximate surface area is 91.7 Å². The predicted molar refractivity (Wildman–Crippen MR) is 58.8 cm³/mol. The smallest absolute Gasteiger partial charge is 0.250 e. The second-order valence-corrected chi connectivity index (χ2v) is 3.16. The molecule has 0 aliphatic rings. The average molecular weight is 225 g/mol. The summed E-state index contributed by atoms with van der Waals surface area (Å²) in [6.45, 7) is 3.30. The second kappa shape index (κ2) is 4.61. The summed E-state index contributed by atoms with van der Waals surface area (Å²) in [7, 11) is 0. The highest BCUT2D eigenvalue weighted by Gasteiger charge is 2.07. The van der Waals surface area contributed by atoms with Crippen LogP contribution in [0.3, 0.4) is 0 Å². The third-order valence-electron chi connectivity index (χ3n) is 1.68. The summed E-state index contributed by atoms with van der Waals surface area (Å²) >= 11 is 5.73. The maximum Gasteiger partial charge on any atom is 0.250 e. The van der Waals surface area contributed by atoms with Gasteiger partial charge < -0.3 is 11.1 Å². The van der Waals surface area contributed by atoms with E-state index in [1.807, 2.05) is 0 Å². The van der Waals surface area contributed by atoms with Gasteiger partial charge in [0.1, 0.15) is 0 Å². The Morgan fingerprint density at radius 2 is 2.13 bits per heavy atom. The summed E-state index contributed by atoms with van der Waals surface area (Å²) < 4.78 is 0. The van der Waals surface area contributed by atoms with Gasteiger partial charge in [0.05, 0.1) is 10.6 Å². The Morgan fingerprint density at radius 1 is 1.47 bits per heavy atom. The highest BCUT2D eigenvalue weighted by atomic mass is 35.5. The van der Waals surface area contributed by atoms with E-state index < -0.39 is 5.91 Å². The highest BCUT2D eigenvalue weighted by molar-refractivity contribution is 6.34. The lowest BCUT2D eigenvalue weighted by Gasteiger charge is -2.05. The van der Waals surface area contributed by atoms with Crippen molar-refractivity contribution in [3.8, 4) is 0 Å². The number of amides is 2. The zero-order chi connectivity index (χ0) is 11.4. The molecule has 0 fully saturated rings. The van der Waals surface area contributed by atoms with E-state index in [0.29, 0.717) is 5.69 Å². The van der Waals surface area contributed by atoms with E-state index in [-0.39, 0.29) is 16.5 Å². The van der Waals surface area contributed by atoms with Crippen LogP contribution in [0.5, 0.6) is 0 Å². The number of primary amides is 1. The molecule has 2 amide bonds. The first-order chi connectivity index (χ1) is 7.04. The zero-order valence-electron chi connectivity index (χ0n) is 7.79. The van der Waals surface area contributed by atoms with Crippen LogP contribution in [-0.4, -0.2) is 11.8 Å². The topological polar surface area (TPSA) is 72.2 Å². The summed E-state index contributed by atoms with van der Waals surface area (Å²) in [5.74, 6) is -1.01. The number of halogens is 1. The van der Waals surface area contributed by atoms with Crippen LogP contribution < -0.4 is 11.1 Å². The van der Waals surface area contributed by atoms with Crippen molar-refractivity contribution in [2.75, 3.05) is 5.32 Å². The molecule has 4 nitrogen and oxygen atoms in total. The van der Waals surface area contributed by atoms with Gasteiger partial charge in [-0.3, -0.25) is 9.59 Å². The number of hydrogen-bond acceptors (Lipinski definition) is 2. The van der Waals surface area contributed by atoms with Crippen molar-refractivity contribution in [1.29, 1.82) is 0 Å². The third-order valence-corrected chi connectivity index (χ3v) is 2.01. The standard InChI is InChI=1S/C10H9ClN2O2/c1-2-9(14)13-6-3-4-8(11)7(5-6)10(12)15/h2-5H,1H2,(H2,12,15)(H,13,14). The van der Waals surface area contributed by atoms with E-state index in [1.54, 1.807) is 6.07 Å². The SMILES string of the molecule is C=CC(=O)Nc1ccc(Cl)c(C(N)=O)c1. The molecular weight excluding hydrogens is 216 g/mol. The van der Waals surface area contributed by atoms with Crippen LogP contribution in [0.1, 0.15) is 10.4 Å². The zero-order valence-corrected chi connectivity index (χ0v) is 8.54. The summed E-state index contributed by atoms with van der Waals surface area (Å²) in [4.78, 5) is 21.9. The molecule has 0 unspecified atom stereocenters. The maximum absolute atomic E-state index is 11.0. The molecule has 0 atom stereocenters. The fourth-order valence-corrected chi connectivity index (χ4v) is 1.20. The van der Waals surface area contributed by atoms with Gasteiger partial charge in [0.25, 0.3) is 0 Å². The van der Waals surface area contributed by atoms with Gasteiger partial charge in [0.2, 0.25) is 11.8 Å². The number of nitrogens with one attached hydrogen (secondary N) is 1. The highest BCUT2D eigenvalue weighted by Crippen LogP contribution is 2.19. The molecule has 0 saturated carbocycles. The minimum absolute atomic E-state index is 0.165. The number of benzene rings is 1. The molecule has 1 aromatic carbocycles. The van der Waals surface area contributed by atoms with E-state index in [2.05, 4.69) is 11.9 Å². The number of rotatable bonds is 3. The molecule has 0 heterocycles. The number of carbonyl (C=O) groups excluding carboxylic acids is 2. The first kappa shape index (κ1) is 11.3. The molecule has 0 spiro atoms. The maximum atomic E-state index is 11.0. The van der Waals surface area contributed by atoms with Crippen LogP contribution >= 0.6 is 11.6 Å². The number of hydrogen-bond donors (Lipinski definition) is 2. The lowest BCUT2D eigenvalue weighted by atomic mass is 10.2. The van der Waals surface area contributed by atoms with Crippen LogP contribution in [0.2, 0.25) is 5.02 Å². The van der Waals surface area contributed by atoms with Crippen LogP contribution in [0.15, 0.2) is 30.9 Å². The fraction of sp³-hybridized carbons (Fsp3) is 0. The normalized spacial score (nSPS) is 9.40. The van der Waals surface area contributed by atoms with Gasteiger partial charge >= 0.3 is 0 Å². The molecule has 0 saturated heterocycles. The molecule has 15 heavy (non-hydrogen) atoms. The quantitative estimate of drug-likeness (QED) is 0.765. The van der Waals surface area contributed by atoms with Gasteiger partial charge in [-0.05, 0) is 24.3 Å². The molecule has 1 aromatic rings. The van der Waals surface area contributed by atoms with Gasteiger partial charge in [-0.1, -0.05) is 18.2 Å². The van der Waals surface area contributed by atoms with E-state index in [0.717, 1.165) is 6.08 Å². The first-order valence-corrected chi connectivity index (χ1v) is 4.45. The van der Waals surface area contributed by atoms with Crippen LogP contribution in [0.25, 0.3) is 0 Å². The summed E-state index contributed by atoms with van der Waals surface area (Å²) in [6.07, 6.45) is 1.12. The molecular formula is C10H9ClN2O2. The largest absolute Gasteiger partial charge is 0.366 e. The van der Waals surface area contributed by atoms with Crippen molar-refractivity contribution >= 4 is 29.1 Å². The van der Waals surface area contributed by atoms with Crippen molar-refractivity contribution in [3.05, 3.63) is 41.4 Å². The number of carbonyl (C=O) groups is 2. The summed E-state index contributed by atoms with van der Waals surface area (Å²) in [5.41, 5.74) is 5.70. The Hall–Kier alpha value is -1.81. The second-order valence-electron chi connectivity index (χ2n) is 2.75. The van der Waals surface area contributed by atoms with Crippen LogP contribution in [0, 0.1) is 0 Å². The molecule has 0 aliphatic carbocycles. The third kappa shape index (κ3) is 2.82.